The van der Waals surface area contributed by atoms with Gasteiger partial charge in [-0.1, -0.05) is 64.4 Å². The maximum atomic E-state index is 12.6. The van der Waals surface area contributed by atoms with E-state index in [1.54, 1.807) is 11.0 Å². The van der Waals surface area contributed by atoms with Crippen LogP contribution in [-0.4, -0.2) is 45.8 Å². The minimum absolute atomic E-state index is 0.0697. The monoisotopic (exact) mass is 459 g/mol. The van der Waals surface area contributed by atoms with Crippen LogP contribution in [0.2, 0.25) is 5.02 Å². The minimum Gasteiger partial charge on any atom is -0.393 e. The Labute approximate surface area is 195 Å². The zero-order chi connectivity index (χ0) is 23.9. The van der Waals surface area contributed by atoms with E-state index in [-0.39, 0.29) is 18.1 Å². The van der Waals surface area contributed by atoms with Gasteiger partial charge in [0.2, 0.25) is 0 Å². The van der Waals surface area contributed by atoms with Gasteiger partial charge in [0, 0.05) is 30.5 Å². The molecule has 174 valence electrons. The van der Waals surface area contributed by atoms with Crippen LogP contribution >= 0.6 is 11.6 Å². The van der Waals surface area contributed by atoms with Crippen molar-refractivity contribution in [3.63, 3.8) is 0 Å². The molecule has 0 bridgehead atoms. The van der Waals surface area contributed by atoms with Crippen LogP contribution in [0.15, 0.2) is 42.6 Å². The lowest BCUT2D eigenvalue weighted by atomic mass is 9.87. The molecule has 2 heterocycles. The molecule has 0 aliphatic carbocycles. The first kappa shape index (κ1) is 25.8. The smallest absolute Gasteiger partial charge is 0.322 e. The Morgan fingerprint density at radius 2 is 1.91 bits per heavy atom. The fourth-order valence-electron chi connectivity index (χ4n) is 3.30. The van der Waals surface area contributed by atoms with Gasteiger partial charge in [0.05, 0.1) is 17.3 Å². The minimum atomic E-state index is -0.999. The number of nitrogens with zero attached hydrogens (tertiary/aromatic N) is 2. The van der Waals surface area contributed by atoms with E-state index in [1.165, 1.54) is 11.8 Å². The summed E-state index contributed by atoms with van der Waals surface area (Å²) >= 11 is 6.33. The molecule has 3 rings (SSSR count). The first-order valence-electron chi connectivity index (χ1n) is 11.0. The Morgan fingerprint density at radius 1 is 1.25 bits per heavy atom. The summed E-state index contributed by atoms with van der Waals surface area (Å²) in [6.07, 6.45) is 3.09. The number of pyridine rings is 1. The summed E-state index contributed by atoms with van der Waals surface area (Å²) in [6.45, 7) is 11.1. The standard InChI is InChI=1S/C23H28ClN3O3.C2H6/c1-23(2,3)17-4-6-18(7-5-17)26-22(30)27-10-8-15(9-11-27)21-19(24)12-16(13-25-21)20(29)14-28;1-2/h4-8,12-13,20,28-29H,9-11,14H2,1-3H3,(H,26,30);1-2H3. The van der Waals surface area contributed by atoms with Crippen LogP contribution in [0, 0.1) is 0 Å². The number of urea groups is 1. The highest BCUT2D eigenvalue weighted by Gasteiger charge is 2.21. The van der Waals surface area contributed by atoms with Crippen LogP contribution in [0.5, 0.6) is 0 Å². The van der Waals surface area contributed by atoms with Gasteiger partial charge < -0.3 is 20.4 Å². The molecule has 0 fully saturated rings. The molecule has 0 saturated carbocycles. The Kier molecular flexibility index (Phi) is 9.25. The zero-order valence-corrected chi connectivity index (χ0v) is 20.3. The first-order valence-corrected chi connectivity index (χ1v) is 11.4. The van der Waals surface area contributed by atoms with Crippen molar-refractivity contribution in [3.8, 4) is 0 Å². The van der Waals surface area contributed by atoms with E-state index in [0.29, 0.717) is 35.8 Å². The highest BCUT2D eigenvalue weighted by atomic mass is 35.5. The average Bonchev–Trinajstić information content (AvgIpc) is 2.79. The molecule has 1 aliphatic heterocycles. The number of aliphatic hydroxyl groups excluding tert-OH is 2. The van der Waals surface area contributed by atoms with Crippen molar-refractivity contribution in [2.45, 2.75) is 52.6 Å². The predicted octanol–water partition coefficient (Wildman–Crippen LogP) is 5.41. The van der Waals surface area contributed by atoms with Crippen molar-refractivity contribution < 1.29 is 15.0 Å². The molecule has 1 unspecified atom stereocenters. The van der Waals surface area contributed by atoms with Crippen molar-refractivity contribution in [1.82, 2.24) is 9.88 Å². The van der Waals surface area contributed by atoms with E-state index >= 15 is 0 Å². The molecular weight excluding hydrogens is 426 g/mol. The maximum absolute atomic E-state index is 12.6. The number of anilines is 1. The topological polar surface area (TPSA) is 85.7 Å². The molecule has 1 aliphatic rings. The lowest BCUT2D eigenvalue weighted by Crippen LogP contribution is -2.38. The van der Waals surface area contributed by atoms with Gasteiger partial charge in [-0.2, -0.15) is 0 Å². The maximum Gasteiger partial charge on any atom is 0.322 e. The molecular formula is C25H34ClN3O3. The van der Waals surface area contributed by atoms with Crippen LogP contribution in [-0.2, 0) is 5.41 Å². The summed E-state index contributed by atoms with van der Waals surface area (Å²) in [5.74, 6) is 0. The lowest BCUT2D eigenvalue weighted by Gasteiger charge is -2.27. The van der Waals surface area contributed by atoms with Crippen LogP contribution in [0.25, 0.3) is 5.57 Å². The molecule has 3 N–H and O–H groups in total. The van der Waals surface area contributed by atoms with E-state index in [4.69, 9.17) is 16.7 Å². The quantitative estimate of drug-likeness (QED) is 0.570. The third-order valence-electron chi connectivity index (χ3n) is 5.22. The van der Waals surface area contributed by atoms with E-state index in [9.17, 15) is 9.90 Å². The molecule has 2 aromatic rings. The molecule has 1 atom stereocenters. The SMILES string of the molecule is CC.CC(C)(C)c1ccc(NC(=O)N2CC=C(c3ncc(C(O)CO)cc3Cl)CC2)cc1. The second-order valence-electron chi connectivity index (χ2n) is 8.48. The molecule has 32 heavy (non-hydrogen) atoms. The molecule has 0 spiro atoms. The molecule has 1 aromatic carbocycles. The number of aromatic nitrogens is 1. The molecule has 6 nitrogen and oxygen atoms in total. The normalized spacial score (nSPS) is 14.8. The number of hydrogen-bond acceptors (Lipinski definition) is 4. The van der Waals surface area contributed by atoms with Crippen molar-refractivity contribution in [1.29, 1.82) is 0 Å². The number of amides is 2. The van der Waals surface area contributed by atoms with E-state index < -0.39 is 6.10 Å². The van der Waals surface area contributed by atoms with Crippen LogP contribution in [0.3, 0.4) is 0 Å². The Hall–Kier alpha value is -2.41. The van der Waals surface area contributed by atoms with Gasteiger partial charge in [-0.3, -0.25) is 4.98 Å². The van der Waals surface area contributed by atoms with Gasteiger partial charge in [0.25, 0.3) is 0 Å². The lowest BCUT2D eigenvalue weighted by molar-refractivity contribution is 0.0953. The second kappa shape index (κ2) is 11.5. The first-order chi connectivity index (χ1) is 15.2. The number of carbonyl (C=O) groups excluding carboxylic acids is 1. The third kappa shape index (κ3) is 6.55. The average molecular weight is 460 g/mol. The van der Waals surface area contributed by atoms with E-state index in [1.807, 2.05) is 44.2 Å². The Balaban J connectivity index is 0.00000176. The number of halogens is 1. The molecule has 0 radical (unpaired) electrons. The van der Waals surface area contributed by atoms with E-state index in [2.05, 4.69) is 31.1 Å². The van der Waals surface area contributed by atoms with Crippen LogP contribution in [0.4, 0.5) is 10.5 Å². The number of carbonyl (C=O) groups is 1. The van der Waals surface area contributed by atoms with Gasteiger partial charge in [-0.25, -0.2) is 4.79 Å². The predicted molar refractivity (Wildman–Crippen MR) is 131 cm³/mol. The van der Waals surface area contributed by atoms with Crippen molar-refractivity contribution in [3.05, 3.63) is 64.4 Å². The summed E-state index contributed by atoms with van der Waals surface area (Å²) in [5, 5.41) is 22.1. The number of benzene rings is 1. The summed E-state index contributed by atoms with van der Waals surface area (Å²) in [5.41, 5.74) is 4.13. The summed E-state index contributed by atoms with van der Waals surface area (Å²) in [6, 6.07) is 9.40. The Bertz CT molecular complexity index is 936. The zero-order valence-electron chi connectivity index (χ0n) is 19.5. The van der Waals surface area contributed by atoms with Gasteiger partial charge in [-0.15, -0.1) is 0 Å². The molecule has 0 saturated heterocycles. The fraction of sp³-hybridized carbons (Fsp3) is 0.440. The summed E-state index contributed by atoms with van der Waals surface area (Å²) in [7, 11) is 0. The second-order valence-corrected chi connectivity index (χ2v) is 8.89. The molecule has 7 heteroatoms. The summed E-state index contributed by atoms with van der Waals surface area (Å²) in [4.78, 5) is 18.7. The molecule has 2 amide bonds. The van der Waals surface area contributed by atoms with Gasteiger partial charge >= 0.3 is 6.03 Å². The van der Waals surface area contributed by atoms with Gasteiger partial charge in [-0.05, 0) is 41.2 Å². The number of rotatable bonds is 4. The highest BCUT2D eigenvalue weighted by molar-refractivity contribution is 6.32. The van der Waals surface area contributed by atoms with Gasteiger partial charge in [0.15, 0.2) is 0 Å². The number of hydrogen-bond donors (Lipinski definition) is 3. The number of nitrogens with one attached hydrogen (secondary N) is 1. The van der Waals surface area contributed by atoms with E-state index in [0.717, 1.165) is 11.3 Å². The van der Waals surface area contributed by atoms with Crippen LogP contribution in [0.1, 0.15) is 64.0 Å². The van der Waals surface area contributed by atoms with Gasteiger partial charge in [0.1, 0.15) is 6.10 Å². The van der Waals surface area contributed by atoms with Crippen molar-refractivity contribution >= 4 is 28.9 Å². The third-order valence-corrected chi connectivity index (χ3v) is 5.51. The number of aliphatic hydroxyl groups is 2. The summed E-state index contributed by atoms with van der Waals surface area (Å²) < 4.78 is 0. The highest BCUT2D eigenvalue weighted by Crippen LogP contribution is 2.29. The molecule has 1 aromatic heterocycles. The Morgan fingerprint density at radius 3 is 2.41 bits per heavy atom. The van der Waals surface area contributed by atoms with Crippen LogP contribution < -0.4 is 5.32 Å². The fourth-order valence-corrected chi connectivity index (χ4v) is 3.60. The largest absolute Gasteiger partial charge is 0.393 e. The van der Waals surface area contributed by atoms with Crippen molar-refractivity contribution in [2.24, 2.45) is 0 Å². The van der Waals surface area contributed by atoms with Crippen molar-refractivity contribution in [2.75, 3.05) is 25.0 Å².